The van der Waals surface area contributed by atoms with E-state index in [-0.39, 0.29) is 29.2 Å². The Morgan fingerprint density at radius 2 is 2.00 bits per heavy atom. The highest BCUT2D eigenvalue weighted by atomic mass is 16.5. The van der Waals surface area contributed by atoms with Crippen molar-refractivity contribution in [3.8, 4) is 0 Å². The second-order valence-corrected chi connectivity index (χ2v) is 7.95. The Morgan fingerprint density at radius 1 is 1.27 bits per heavy atom. The van der Waals surface area contributed by atoms with E-state index in [1.165, 1.54) is 4.90 Å². The maximum absolute atomic E-state index is 12.6. The summed E-state index contributed by atoms with van der Waals surface area (Å²) in [6, 6.07) is 4.91. The van der Waals surface area contributed by atoms with Crippen LogP contribution >= 0.6 is 0 Å². The lowest BCUT2D eigenvalue weighted by atomic mass is 9.92. The first-order valence-corrected chi connectivity index (χ1v) is 9.12. The van der Waals surface area contributed by atoms with E-state index >= 15 is 0 Å². The molecule has 0 saturated heterocycles. The minimum absolute atomic E-state index is 0.161. The number of imide groups is 1. The van der Waals surface area contributed by atoms with E-state index in [1.807, 2.05) is 0 Å². The average molecular weight is 358 g/mol. The first-order valence-electron chi connectivity index (χ1n) is 9.12. The number of rotatable bonds is 6. The molecule has 6 heteroatoms. The zero-order valence-electron chi connectivity index (χ0n) is 15.6. The van der Waals surface area contributed by atoms with E-state index in [9.17, 15) is 14.4 Å². The van der Waals surface area contributed by atoms with Crippen molar-refractivity contribution >= 4 is 17.7 Å². The van der Waals surface area contributed by atoms with Crippen LogP contribution in [0.2, 0.25) is 0 Å². The largest absolute Gasteiger partial charge is 0.385 e. The quantitative estimate of drug-likeness (QED) is 0.626. The van der Waals surface area contributed by atoms with E-state index in [1.54, 1.807) is 25.3 Å². The van der Waals surface area contributed by atoms with Gasteiger partial charge in [0.15, 0.2) is 0 Å². The van der Waals surface area contributed by atoms with Crippen LogP contribution in [-0.4, -0.2) is 48.9 Å². The number of nitrogens with one attached hydrogen (secondary N) is 1. The fourth-order valence-electron chi connectivity index (χ4n) is 3.83. The molecule has 1 fully saturated rings. The first kappa shape index (κ1) is 18.6. The number of carbonyl (C=O) groups excluding carboxylic acids is 3. The number of hydrogen-bond donors (Lipinski definition) is 1. The molecule has 140 valence electrons. The molecule has 1 aliphatic heterocycles. The third-order valence-corrected chi connectivity index (χ3v) is 5.27. The molecule has 0 bridgehead atoms. The minimum Gasteiger partial charge on any atom is -0.385 e. The molecular weight excluding hydrogens is 332 g/mol. The zero-order valence-corrected chi connectivity index (χ0v) is 15.6. The molecule has 0 spiro atoms. The number of nitrogens with zero attached hydrogens (tertiary/aromatic N) is 1. The van der Waals surface area contributed by atoms with Crippen LogP contribution in [0, 0.1) is 5.41 Å². The smallest absolute Gasteiger partial charge is 0.261 e. The van der Waals surface area contributed by atoms with Crippen LogP contribution in [0.3, 0.4) is 0 Å². The Kier molecular flexibility index (Phi) is 5.14. The molecule has 3 amide bonds. The van der Waals surface area contributed by atoms with Gasteiger partial charge in [0.25, 0.3) is 17.7 Å². The van der Waals surface area contributed by atoms with E-state index in [4.69, 9.17) is 4.74 Å². The topological polar surface area (TPSA) is 75.7 Å². The molecule has 1 N–H and O–H groups in total. The number of carbonyl (C=O) groups is 3. The Morgan fingerprint density at radius 3 is 2.65 bits per heavy atom. The summed E-state index contributed by atoms with van der Waals surface area (Å²) in [5.41, 5.74) is 1.35. The van der Waals surface area contributed by atoms with Crippen LogP contribution in [0.15, 0.2) is 18.2 Å². The summed E-state index contributed by atoms with van der Waals surface area (Å²) in [5, 5.41) is 3.06. The van der Waals surface area contributed by atoms with Crippen LogP contribution in [0.5, 0.6) is 0 Å². The maximum Gasteiger partial charge on any atom is 0.261 e. The number of fused-ring (bicyclic) bond motifs is 1. The maximum atomic E-state index is 12.6. The van der Waals surface area contributed by atoms with Gasteiger partial charge >= 0.3 is 0 Å². The molecule has 26 heavy (non-hydrogen) atoms. The van der Waals surface area contributed by atoms with E-state index in [0.29, 0.717) is 36.3 Å². The van der Waals surface area contributed by atoms with Gasteiger partial charge in [-0.3, -0.25) is 19.3 Å². The van der Waals surface area contributed by atoms with Gasteiger partial charge in [-0.05, 0) is 49.3 Å². The van der Waals surface area contributed by atoms with E-state index < -0.39 is 0 Å². The second-order valence-electron chi connectivity index (χ2n) is 7.95. The third-order valence-electron chi connectivity index (χ3n) is 5.27. The highest BCUT2D eigenvalue weighted by Crippen LogP contribution is 2.37. The summed E-state index contributed by atoms with van der Waals surface area (Å²) in [6.07, 6.45) is 3.60. The molecule has 1 aromatic rings. The van der Waals surface area contributed by atoms with Gasteiger partial charge in [0.2, 0.25) is 0 Å². The fourth-order valence-corrected chi connectivity index (χ4v) is 3.83. The average Bonchev–Trinajstić information content (AvgIpc) is 3.06. The summed E-state index contributed by atoms with van der Waals surface area (Å²) in [6.45, 7) is 5.21. The predicted octanol–water partition coefficient (Wildman–Crippen LogP) is 2.63. The van der Waals surface area contributed by atoms with Gasteiger partial charge in [-0.15, -0.1) is 0 Å². The van der Waals surface area contributed by atoms with Crippen LogP contribution in [-0.2, 0) is 4.74 Å². The lowest BCUT2D eigenvalue weighted by molar-refractivity contribution is 0.0638. The molecule has 0 aromatic heterocycles. The molecule has 1 atom stereocenters. The number of amides is 3. The summed E-state index contributed by atoms with van der Waals surface area (Å²) < 4.78 is 4.98. The summed E-state index contributed by atoms with van der Waals surface area (Å²) >= 11 is 0. The van der Waals surface area contributed by atoms with Gasteiger partial charge in [0.05, 0.1) is 11.1 Å². The highest BCUT2D eigenvalue weighted by molar-refractivity contribution is 6.22. The van der Waals surface area contributed by atoms with Crippen LogP contribution in [0.1, 0.15) is 70.6 Å². The van der Waals surface area contributed by atoms with Gasteiger partial charge in [0.1, 0.15) is 0 Å². The molecule has 1 aliphatic carbocycles. The molecule has 2 aliphatic rings. The molecular formula is C20H26N2O4. The molecule has 3 rings (SSSR count). The third kappa shape index (κ3) is 3.65. The van der Waals surface area contributed by atoms with Crippen molar-refractivity contribution in [1.82, 2.24) is 10.2 Å². The van der Waals surface area contributed by atoms with Gasteiger partial charge in [-0.1, -0.05) is 13.8 Å². The Labute approximate surface area is 153 Å². The molecule has 1 saturated carbocycles. The highest BCUT2D eigenvalue weighted by Gasteiger charge is 2.36. The molecule has 1 heterocycles. The fraction of sp³-hybridized carbons (Fsp3) is 0.550. The Hall–Kier alpha value is -2.21. The number of ether oxygens (including phenoxy) is 1. The van der Waals surface area contributed by atoms with Crippen molar-refractivity contribution in [2.24, 2.45) is 5.41 Å². The molecule has 0 radical (unpaired) electrons. The normalized spacial score (nSPS) is 21.2. The molecule has 1 unspecified atom stereocenters. The SMILES string of the molecule is COCCCN1C(=O)c2ccc(C(=O)NC3CCC(C)(C)C3)cc2C1=O. The van der Waals surface area contributed by atoms with Crippen LogP contribution < -0.4 is 5.32 Å². The summed E-state index contributed by atoms with van der Waals surface area (Å²) in [7, 11) is 1.58. The monoisotopic (exact) mass is 358 g/mol. The van der Waals surface area contributed by atoms with Gasteiger partial charge in [0, 0.05) is 31.9 Å². The Balaban J connectivity index is 1.71. The van der Waals surface area contributed by atoms with Crippen molar-refractivity contribution in [2.75, 3.05) is 20.3 Å². The van der Waals surface area contributed by atoms with Crippen molar-refractivity contribution in [1.29, 1.82) is 0 Å². The number of benzene rings is 1. The molecule has 1 aromatic carbocycles. The standard InChI is InChI=1S/C20H26N2O4/c1-20(2)8-7-14(12-20)21-17(23)13-5-6-15-16(11-13)19(25)22(18(15)24)9-4-10-26-3/h5-6,11,14H,4,7-10,12H2,1-3H3,(H,21,23). The minimum atomic E-state index is -0.335. The zero-order chi connectivity index (χ0) is 18.9. The number of methoxy groups -OCH3 is 1. The first-order chi connectivity index (χ1) is 12.3. The van der Waals surface area contributed by atoms with Crippen LogP contribution in [0.4, 0.5) is 0 Å². The van der Waals surface area contributed by atoms with E-state index in [2.05, 4.69) is 19.2 Å². The molecule has 6 nitrogen and oxygen atoms in total. The van der Waals surface area contributed by atoms with Crippen molar-refractivity contribution in [3.63, 3.8) is 0 Å². The van der Waals surface area contributed by atoms with Gasteiger partial charge < -0.3 is 10.1 Å². The Bertz CT molecular complexity index is 741. The lowest BCUT2D eigenvalue weighted by Gasteiger charge is -2.18. The number of hydrogen-bond acceptors (Lipinski definition) is 4. The van der Waals surface area contributed by atoms with Crippen molar-refractivity contribution < 1.29 is 19.1 Å². The second kappa shape index (κ2) is 7.19. The van der Waals surface area contributed by atoms with Gasteiger partial charge in [-0.2, -0.15) is 0 Å². The van der Waals surface area contributed by atoms with Crippen molar-refractivity contribution in [3.05, 3.63) is 34.9 Å². The van der Waals surface area contributed by atoms with E-state index in [0.717, 1.165) is 19.3 Å². The summed E-state index contributed by atoms with van der Waals surface area (Å²) in [4.78, 5) is 38.7. The van der Waals surface area contributed by atoms with Crippen LogP contribution in [0.25, 0.3) is 0 Å². The lowest BCUT2D eigenvalue weighted by Crippen LogP contribution is -2.33. The predicted molar refractivity (Wildman–Crippen MR) is 97.2 cm³/mol. The summed E-state index contributed by atoms with van der Waals surface area (Å²) in [5.74, 6) is -0.822. The van der Waals surface area contributed by atoms with Crippen molar-refractivity contribution in [2.45, 2.75) is 45.6 Å². The van der Waals surface area contributed by atoms with Gasteiger partial charge in [-0.25, -0.2) is 0 Å².